The van der Waals surface area contributed by atoms with Gasteiger partial charge >= 0.3 is 0 Å². The minimum atomic E-state index is -1.37. The molecule has 1 atom stereocenters. The summed E-state index contributed by atoms with van der Waals surface area (Å²) in [6.45, 7) is 5.13. The molecule has 3 rings (SSSR count). The van der Waals surface area contributed by atoms with Crippen LogP contribution in [0, 0.1) is 12.7 Å². The lowest BCUT2D eigenvalue weighted by molar-refractivity contribution is 0.0945. The Kier molecular flexibility index (Phi) is 6.94. The molecule has 29 heavy (non-hydrogen) atoms. The van der Waals surface area contributed by atoms with Crippen LogP contribution in [-0.4, -0.2) is 26.0 Å². The van der Waals surface area contributed by atoms with Gasteiger partial charge in [0.1, 0.15) is 17.6 Å². The van der Waals surface area contributed by atoms with Gasteiger partial charge in [0, 0.05) is 31.9 Å². The summed E-state index contributed by atoms with van der Waals surface area (Å²) in [6, 6.07) is 5.77. The summed E-state index contributed by atoms with van der Waals surface area (Å²) in [5.74, 6) is -0.521. The molecule has 1 unspecified atom stereocenters. The largest absolute Gasteiger partial charge is 0.393 e. The number of benzene rings is 1. The van der Waals surface area contributed by atoms with Crippen molar-refractivity contribution in [1.82, 2.24) is 9.13 Å². The van der Waals surface area contributed by atoms with E-state index in [2.05, 4.69) is 5.32 Å². The fourth-order valence-electron chi connectivity index (χ4n) is 3.10. The number of fused-ring (bicyclic) bond motifs is 1. The van der Waals surface area contributed by atoms with E-state index in [1.165, 1.54) is 40.6 Å². The van der Waals surface area contributed by atoms with Crippen molar-refractivity contribution in [1.29, 1.82) is 0 Å². The third kappa shape index (κ3) is 4.23. The third-order valence-corrected chi connectivity index (χ3v) is 4.49. The van der Waals surface area contributed by atoms with Gasteiger partial charge in [-0.15, -0.1) is 0 Å². The van der Waals surface area contributed by atoms with Crippen LogP contribution in [0.2, 0.25) is 0 Å². The summed E-state index contributed by atoms with van der Waals surface area (Å²) in [6.07, 6.45) is 0.00983. The molecule has 7 nitrogen and oxygen atoms in total. The second-order valence-electron chi connectivity index (χ2n) is 6.49. The van der Waals surface area contributed by atoms with Gasteiger partial charge in [0.2, 0.25) is 0 Å². The van der Waals surface area contributed by atoms with Gasteiger partial charge in [0.15, 0.2) is 5.43 Å². The Balaban J connectivity index is 0.00000145. The van der Waals surface area contributed by atoms with E-state index in [1.807, 2.05) is 13.8 Å². The number of aliphatic hydroxyl groups is 2. The molecule has 3 N–H and O–H groups in total. The number of halogens is 1. The van der Waals surface area contributed by atoms with E-state index in [0.717, 1.165) is 5.56 Å². The van der Waals surface area contributed by atoms with Gasteiger partial charge in [-0.2, -0.15) is 0 Å². The molecule has 8 heteroatoms. The van der Waals surface area contributed by atoms with Gasteiger partial charge in [0.05, 0.1) is 23.4 Å². The summed E-state index contributed by atoms with van der Waals surface area (Å²) in [5, 5.41) is 22.1. The number of rotatable bonds is 4. The average Bonchev–Trinajstić information content (AvgIpc) is 2.70. The molecule has 2 heterocycles. The minimum Gasteiger partial charge on any atom is -0.393 e. The van der Waals surface area contributed by atoms with Crippen molar-refractivity contribution in [2.75, 3.05) is 11.9 Å². The van der Waals surface area contributed by atoms with E-state index in [4.69, 9.17) is 0 Å². The summed E-state index contributed by atoms with van der Waals surface area (Å²) >= 11 is 0. The molecule has 156 valence electrons. The molecule has 0 radical (unpaired) electrons. The molecule has 0 spiro atoms. The topological polar surface area (TPSA) is 96.5 Å². The highest BCUT2D eigenvalue weighted by atomic mass is 19.1. The highest BCUT2D eigenvalue weighted by molar-refractivity contribution is 5.91. The van der Waals surface area contributed by atoms with Crippen LogP contribution in [-0.2, 0) is 14.1 Å². The SMILES string of the molecule is CC.Cc1ccc(Nc2cc(=O)n(C)c3c2c(=O)c(C(O)CO)cn3C)c(F)c1. The first-order valence-electron chi connectivity index (χ1n) is 9.30. The zero-order chi connectivity index (χ0) is 21.9. The number of aryl methyl sites for hydroxylation is 3. The fourth-order valence-corrected chi connectivity index (χ4v) is 3.10. The normalized spacial score (nSPS) is 11.7. The van der Waals surface area contributed by atoms with Gasteiger partial charge in [-0.3, -0.25) is 14.2 Å². The van der Waals surface area contributed by atoms with Gasteiger partial charge in [-0.25, -0.2) is 4.39 Å². The van der Waals surface area contributed by atoms with Gasteiger partial charge in [-0.05, 0) is 24.6 Å². The lowest BCUT2D eigenvalue weighted by Crippen LogP contribution is -2.26. The zero-order valence-electron chi connectivity index (χ0n) is 17.2. The van der Waals surface area contributed by atoms with E-state index in [-0.39, 0.29) is 27.9 Å². The van der Waals surface area contributed by atoms with Crippen LogP contribution < -0.4 is 16.3 Å². The van der Waals surface area contributed by atoms with Crippen LogP contribution in [0.1, 0.15) is 31.1 Å². The van der Waals surface area contributed by atoms with Crippen LogP contribution >= 0.6 is 0 Å². The molecule has 0 aliphatic rings. The predicted molar refractivity (Wildman–Crippen MR) is 112 cm³/mol. The average molecular weight is 403 g/mol. The first kappa shape index (κ1) is 22.3. The summed E-state index contributed by atoms with van der Waals surface area (Å²) in [7, 11) is 3.13. The van der Waals surface area contributed by atoms with Crippen LogP contribution in [0.25, 0.3) is 11.0 Å². The predicted octanol–water partition coefficient (Wildman–Crippen LogP) is 2.48. The summed E-state index contributed by atoms with van der Waals surface area (Å²) in [4.78, 5) is 25.3. The highest BCUT2D eigenvalue weighted by Gasteiger charge is 2.20. The third-order valence-electron chi connectivity index (χ3n) is 4.49. The molecule has 2 aromatic heterocycles. The van der Waals surface area contributed by atoms with Crippen molar-refractivity contribution in [3.05, 3.63) is 68.0 Å². The van der Waals surface area contributed by atoms with Crippen molar-refractivity contribution in [2.45, 2.75) is 26.9 Å². The molecular formula is C21H26FN3O4. The molecule has 0 amide bonds. The Bertz CT molecular complexity index is 1150. The monoisotopic (exact) mass is 403 g/mol. The number of nitrogens with zero attached hydrogens (tertiary/aromatic N) is 2. The Morgan fingerprint density at radius 3 is 2.38 bits per heavy atom. The van der Waals surface area contributed by atoms with Crippen molar-refractivity contribution in [2.24, 2.45) is 14.1 Å². The van der Waals surface area contributed by atoms with Crippen LogP contribution in [0.3, 0.4) is 0 Å². The maximum Gasteiger partial charge on any atom is 0.253 e. The van der Waals surface area contributed by atoms with Crippen LogP contribution in [0.15, 0.2) is 40.1 Å². The molecular weight excluding hydrogens is 377 g/mol. The first-order valence-corrected chi connectivity index (χ1v) is 9.30. The Labute approximate surface area is 167 Å². The van der Waals surface area contributed by atoms with Crippen molar-refractivity contribution >= 4 is 22.4 Å². The highest BCUT2D eigenvalue weighted by Crippen LogP contribution is 2.25. The molecule has 0 aliphatic carbocycles. The Hall–Kier alpha value is -2.97. The quantitative estimate of drug-likeness (QED) is 0.622. The van der Waals surface area contributed by atoms with E-state index in [9.17, 15) is 24.2 Å². The molecule has 0 fully saturated rings. The van der Waals surface area contributed by atoms with E-state index in [0.29, 0.717) is 5.65 Å². The molecule has 1 aromatic carbocycles. The van der Waals surface area contributed by atoms with Crippen molar-refractivity contribution in [3.8, 4) is 0 Å². The lowest BCUT2D eigenvalue weighted by atomic mass is 10.1. The second kappa shape index (κ2) is 9.02. The minimum absolute atomic E-state index is 0.0152. The van der Waals surface area contributed by atoms with E-state index >= 15 is 0 Å². The molecule has 0 saturated heterocycles. The van der Waals surface area contributed by atoms with Crippen molar-refractivity contribution < 1.29 is 14.6 Å². The first-order chi connectivity index (χ1) is 13.7. The second-order valence-corrected chi connectivity index (χ2v) is 6.49. The Morgan fingerprint density at radius 1 is 1.14 bits per heavy atom. The van der Waals surface area contributed by atoms with E-state index in [1.54, 1.807) is 20.0 Å². The number of hydrogen-bond acceptors (Lipinski definition) is 5. The number of hydrogen-bond donors (Lipinski definition) is 3. The van der Waals surface area contributed by atoms with Crippen LogP contribution in [0.4, 0.5) is 15.8 Å². The zero-order valence-corrected chi connectivity index (χ0v) is 17.2. The number of nitrogens with one attached hydrogen (secondary N) is 1. The van der Waals surface area contributed by atoms with E-state index < -0.39 is 24.0 Å². The number of aliphatic hydroxyl groups excluding tert-OH is 2. The smallest absolute Gasteiger partial charge is 0.253 e. The molecule has 0 saturated carbocycles. The maximum absolute atomic E-state index is 14.3. The lowest BCUT2D eigenvalue weighted by Gasteiger charge is -2.17. The number of aromatic nitrogens is 2. The number of pyridine rings is 2. The van der Waals surface area contributed by atoms with Gasteiger partial charge < -0.3 is 20.1 Å². The van der Waals surface area contributed by atoms with Crippen molar-refractivity contribution in [3.63, 3.8) is 0 Å². The molecule has 3 aromatic rings. The summed E-state index contributed by atoms with van der Waals surface area (Å²) < 4.78 is 17.1. The van der Waals surface area contributed by atoms with Gasteiger partial charge in [0.25, 0.3) is 5.56 Å². The Morgan fingerprint density at radius 2 is 1.79 bits per heavy atom. The van der Waals surface area contributed by atoms with Crippen LogP contribution in [0.5, 0.6) is 0 Å². The number of anilines is 2. The standard InChI is InChI=1S/C19H20FN3O4.C2H6/c1-10-4-5-13(12(20)6-10)21-14-7-16(26)23(3)19-17(14)18(27)11(8-22(19)2)15(25)9-24;1-2/h4-8,15,21,24-25H,9H2,1-3H3;1-2H3. The summed E-state index contributed by atoms with van der Waals surface area (Å²) in [5.41, 5.74) is 0.332. The molecule has 0 aliphatic heterocycles. The fraction of sp³-hybridized carbons (Fsp3) is 0.333. The maximum atomic E-state index is 14.3. The van der Waals surface area contributed by atoms with Gasteiger partial charge in [-0.1, -0.05) is 19.9 Å². The molecule has 0 bridgehead atoms.